The molecule has 4 unspecified atom stereocenters. The van der Waals surface area contributed by atoms with Crippen LogP contribution in [-0.2, 0) is 8.85 Å². The molecular weight excluding hydrogens is 428 g/mol. The molecule has 1 N–H and O–H groups in total. The number of rotatable bonds is 9. The van der Waals surface area contributed by atoms with Crippen LogP contribution in [0.2, 0.25) is 36.3 Å². The average Bonchev–Trinajstić information content (AvgIpc) is 2.71. The Morgan fingerprint density at radius 3 is 2.22 bits per heavy atom. The van der Waals surface area contributed by atoms with Crippen LogP contribution in [0.3, 0.4) is 0 Å². The predicted octanol–water partition coefficient (Wildman–Crippen LogP) is 7.84. The lowest BCUT2D eigenvalue weighted by atomic mass is 9.60. The van der Waals surface area contributed by atoms with Gasteiger partial charge in [-0.15, -0.1) is 0 Å². The molecule has 0 aliphatic heterocycles. The number of hydrogen-bond acceptors (Lipinski definition) is 3. The lowest BCUT2D eigenvalue weighted by molar-refractivity contribution is 0.000747. The van der Waals surface area contributed by atoms with Gasteiger partial charge in [-0.1, -0.05) is 60.6 Å². The largest absolute Gasteiger partial charge is 0.413 e. The number of fused-ring (bicyclic) bond motifs is 1. The van der Waals surface area contributed by atoms with Crippen molar-refractivity contribution in [2.24, 2.45) is 11.3 Å². The first kappa shape index (κ1) is 28.0. The van der Waals surface area contributed by atoms with Crippen LogP contribution in [-0.4, -0.2) is 40.6 Å². The van der Waals surface area contributed by atoms with Gasteiger partial charge in [0.05, 0.1) is 18.8 Å². The van der Waals surface area contributed by atoms with Gasteiger partial charge in [-0.3, -0.25) is 0 Å². The Morgan fingerprint density at radius 1 is 1.16 bits per heavy atom. The Balaban J connectivity index is 2.22. The molecule has 2 aliphatic rings. The monoisotopic (exact) mass is 480 g/mol. The first-order valence-corrected chi connectivity index (χ1v) is 18.5. The van der Waals surface area contributed by atoms with Crippen molar-refractivity contribution in [3.8, 4) is 0 Å². The fourth-order valence-corrected chi connectivity index (χ4v) is 9.37. The van der Waals surface area contributed by atoms with Gasteiger partial charge in [-0.25, -0.2) is 0 Å². The number of aliphatic hydroxyl groups excluding tert-OH is 1. The van der Waals surface area contributed by atoms with Gasteiger partial charge in [0.15, 0.2) is 16.6 Å². The lowest BCUT2D eigenvalue weighted by Gasteiger charge is -2.50. The maximum absolute atomic E-state index is 11.1. The smallest absolute Gasteiger partial charge is 0.193 e. The molecular formula is C27H52O3Si2. The molecule has 0 spiro atoms. The highest BCUT2D eigenvalue weighted by Gasteiger charge is 2.47. The molecule has 0 aromatic carbocycles. The van der Waals surface area contributed by atoms with Crippen molar-refractivity contribution in [1.29, 1.82) is 0 Å². The average molecular weight is 481 g/mol. The summed E-state index contributed by atoms with van der Waals surface area (Å²) in [4.78, 5) is 0. The van der Waals surface area contributed by atoms with Crippen molar-refractivity contribution in [2.45, 2.75) is 130 Å². The van der Waals surface area contributed by atoms with E-state index in [2.05, 4.69) is 75.1 Å². The van der Waals surface area contributed by atoms with Crippen LogP contribution >= 0.6 is 0 Å². The number of hydrogen-bond donors (Lipinski definition) is 1. The zero-order valence-corrected chi connectivity index (χ0v) is 24.9. The summed E-state index contributed by atoms with van der Waals surface area (Å²) in [6.07, 6.45) is 3.62. The number of aliphatic hydroxyl groups is 1. The quantitative estimate of drug-likeness (QED) is 0.270. The molecule has 0 saturated heterocycles. The molecule has 2 rings (SSSR count). The maximum Gasteiger partial charge on any atom is 0.193 e. The second-order valence-corrected chi connectivity index (χ2v) is 22.0. The van der Waals surface area contributed by atoms with Gasteiger partial charge in [-0.05, 0) is 91.4 Å². The molecule has 0 radical (unpaired) electrons. The van der Waals surface area contributed by atoms with E-state index in [-0.39, 0.29) is 22.7 Å². The molecule has 0 bridgehead atoms. The van der Waals surface area contributed by atoms with Gasteiger partial charge in [0.2, 0.25) is 0 Å². The summed E-state index contributed by atoms with van der Waals surface area (Å²) in [5.74, 6) is 0.471. The normalized spacial score (nSPS) is 29.8. The van der Waals surface area contributed by atoms with Crippen molar-refractivity contribution in [3.05, 3.63) is 23.3 Å². The summed E-state index contributed by atoms with van der Waals surface area (Å²) in [7, 11) is -3.56. The van der Waals surface area contributed by atoms with E-state index in [0.29, 0.717) is 12.5 Å². The standard InChI is InChI=1S/C27H52O3Si2/c1-12-32(13-2,14-3)30-25-21(5)23-17-22(15-16-27(23,9)18-24(25)28)20(4)19-29-31(10,11)26(6,7)8/h22,24-25,28H,4,12-19H2,1-3,5-11H3. The molecule has 0 heterocycles. The predicted molar refractivity (Wildman–Crippen MR) is 143 cm³/mol. The van der Waals surface area contributed by atoms with E-state index in [9.17, 15) is 5.11 Å². The minimum absolute atomic E-state index is 0.0925. The molecule has 3 nitrogen and oxygen atoms in total. The molecule has 32 heavy (non-hydrogen) atoms. The Bertz CT molecular complexity index is 694. The van der Waals surface area contributed by atoms with Crippen LogP contribution in [0.15, 0.2) is 23.3 Å². The Kier molecular flexibility index (Phi) is 8.93. The highest BCUT2D eigenvalue weighted by Crippen LogP contribution is 2.53. The fraction of sp³-hybridized carbons (Fsp3) is 0.852. The van der Waals surface area contributed by atoms with Crippen molar-refractivity contribution >= 4 is 16.6 Å². The van der Waals surface area contributed by atoms with E-state index in [1.807, 2.05) is 0 Å². The minimum atomic E-state index is -1.79. The van der Waals surface area contributed by atoms with Crippen molar-refractivity contribution in [2.75, 3.05) is 6.61 Å². The molecule has 1 saturated carbocycles. The van der Waals surface area contributed by atoms with Crippen LogP contribution in [0.25, 0.3) is 0 Å². The van der Waals surface area contributed by atoms with Crippen LogP contribution in [0.5, 0.6) is 0 Å². The molecule has 5 heteroatoms. The van der Waals surface area contributed by atoms with E-state index >= 15 is 0 Å². The Morgan fingerprint density at radius 2 is 1.72 bits per heavy atom. The van der Waals surface area contributed by atoms with Crippen molar-refractivity contribution in [3.63, 3.8) is 0 Å². The van der Waals surface area contributed by atoms with Gasteiger partial charge in [0, 0.05) is 0 Å². The maximum atomic E-state index is 11.1. The minimum Gasteiger partial charge on any atom is -0.413 e. The molecule has 0 aromatic rings. The Labute approximate surface area is 201 Å². The van der Waals surface area contributed by atoms with Crippen molar-refractivity contribution in [1.82, 2.24) is 0 Å². The van der Waals surface area contributed by atoms with E-state index < -0.39 is 16.6 Å². The molecule has 0 aromatic heterocycles. The third kappa shape index (κ3) is 5.71. The van der Waals surface area contributed by atoms with Crippen LogP contribution in [0.4, 0.5) is 0 Å². The summed E-state index contributed by atoms with van der Waals surface area (Å²) < 4.78 is 13.4. The molecule has 0 amide bonds. The molecule has 4 atom stereocenters. The number of allylic oxidation sites excluding steroid dienone is 1. The highest BCUT2D eigenvalue weighted by molar-refractivity contribution is 6.74. The zero-order valence-electron chi connectivity index (χ0n) is 22.9. The van der Waals surface area contributed by atoms with Crippen LogP contribution < -0.4 is 0 Å². The summed E-state index contributed by atoms with van der Waals surface area (Å²) in [5, 5.41) is 11.4. The zero-order chi connectivity index (χ0) is 24.5. The van der Waals surface area contributed by atoms with E-state index in [4.69, 9.17) is 8.85 Å². The Hall–Kier alpha value is -0.206. The van der Waals surface area contributed by atoms with Gasteiger partial charge in [-0.2, -0.15) is 0 Å². The first-order valence-electron chi connectivity index (χ1n) is 13.0. The topological polar surface area (TPSA) is 38.7 Å². The SMILES string of the molecule is C=C(CO[Si](C)(C)C(C)(C)C)C1CCC2(C)CC(O)C(O[Si](CC)(CC)CC)C(C)=C2C1. The second kappa shape index (κ2) is 10.2. The van der Waals surface area contributed by atoms with Crippen molar-refractivity contribution < 1.29 is 14.0 Å². The summed E-state index contributed by atoms with van der Waals surface area (Å²) >= 11 is 0. The molecule has 2 aliphatic carbocycles. The summed E-state index contributed by atoms with van der Waals surface area (Å²) in [5.41, 5.74) is 4.18. The van der Waals surface area contributed by atoms with Gasteiger partial charge in [0.1, 0.15) is 0 Å². The van der Waals surface area contributed by atoms with Gasteiger partial charge < -0.3 is 14.0 Å². The van der Waals surface area contributed by atoms with E-state index in [1.165, 1.54) is 16.7 Å². The van der Waals surface area contributed by atoms with E-state index in [0.717, 1.165) is 43.8 Å². The van der Waals surface area contributed by atoms with Gasteiger partial charge in [0.25, 0.3) is 0 Å². The third-order valence-electron chi connectivity index (χ3n) is 9.45. The highest BCUT2D eigenvalue weighted by atomic mass is 28.4. The van der Waals surface area contributed by atoms with Crippen LogP contribution in [0, 0.1) is 11.3 Å². The first-order chi connectivity index (χ1) is 14.6. The molecule has 1 fully saturated rings. The fourth-order valence-electron chi connectivity index (χ4n) is 5.52. The lowest BCUT2D eigenvalue weighted by Crippen LogP contribution is -2.50. The second-order valence-electron chi connectivity index (χ2n) is 12.4. The third-order valence-corrected chi connectivity index (χ3v) is 18.5. The summed E-state index contributed by atoms with van der Waals surface area (Å²) in [6.45, 7) is 28.1. The summed E-state index contributed by atoms with van der Waals surface area (Å²) in [6, 6.07) is 3.36. The van der Waals surface area contributed by atoms with Crippen LogP contribution in [0.1, 0.15) is 81.1 Å². The van der Waals surface area contributed by atoms with E-state index in [1.54, 1.807) is 0 Å². The van der Waals surface area contributed by atoms with Gasteiger partial charge >= 0.3 is 0 Å². The molecule has 186 valence electrons.